The molecule has 7 heteroatoms. The van der Waals surface area contributed by atoms with Crippen molar-refractivity contribution in [1.82, 2.24) is 0 Å². The van der Waals surface area contributed by atoms with Crippen molar-refractivity contribution >= 4 is 27.3 Å². The van der Waals surface area contributed by atoms with E-state index in [1.165, 1.54) is 23.5 Å². The molecule has 140 valence electrons. The largest absolute Gasteiger partial charge is 0.495 e. The Morgan fingerprint density at radius 1 is 1.19 bits per heavy atom. The van der Waals surface area contributed by atoms with Gasteiger partial charge in [-0.05, 0) is 55.8 Å². The predicted molar refractivity (Wildman–Crippen MR) is 105 cm³/mol. The fourth-order valence-corrected chi connectivity index (χ4v) is 4.21. The van der Waals surface area contributed by atoms with Gasteiger partial charge in [0, 0.05) is 6.54 Å². The zero-order valence-electron chi connectivity index (χ0n) is 15.0. The lowest BCUT2D eigenvalue weighted by Crippen LogP contribution is -2.31. The van der Waals surface area contributed by atoms with E-state index in [0.717, 1.165) is 0 Å². The summed E-state index contributed by atoms with van der Waals surface area (Å²) in [4.78, 5) is 0.173. The van der Waals surface area contributed by atoms with Gasteiger partial charge in [0.25, 0.3) is 10.0 Å². The molecule has 0 spiro atoms. The topological polar surface area (TPSA) is 55.8 Å². The lowest BCUT2D eigenvalue weighted by atomic mass is 10.3. The van der Waals surface area contributed by atoms with E-state index in [2.05, 4.69) is 6.58 Å². The third-order valence-corrected chi connectivity index (χ3v) is 5.69. The summed E-state index contributed by atoms with van der Waals surface area (Å²) in [6, 6.07) is 11.2. The van der Waals surface area contributed by atoms with Gasteiger partial charge < -0.3 is 9.47 Å². The second-order valence-electron chi connectivity index (χ2n) is 5.67. The maximum atomic E-state index is 13.1. The van der Waals surface area contributed by atoms with E-state index < -0.39 is 10.0 Å². The maximum absolute atomic E-state index is 13.1. The molecule has 0 heterocycles. The third-order valence-electron chi connectivity index (χ3n) is 3.55. The Kier molecular flexibility index (Phi) is 6.56. The smallest absolute Gasteiger partial charge is 0.264 e. The first kappa shape index (κ1) is 20.1. The number of methoxy groups -OCH3 is 1. The van der Waals surface area contributed by atoms with E-state index in [-0.39, 0.29) is 4.90 Å². The highest BCUT2D eigenvalue weighted by Gasteiger charge is 2.25. The number of benzene rings is 2. The van der Waals surface area contributed by atoms with Crippen molar-refractivity contribution in [3.05, 3.63) is 59.8 Å². The van der Waals surface area contributed by atoms with Crippen LogP contribution in [-0.2, 0) is 10.0 Å². The van der Waals surface area contributed by atoms with E-state index in [1.54, 1.807) is 37.3 Å². The number of ether oxygens (including phenoxy) is 2. The molecule has 0 radical (unpaired) electrons. The van der Waals surface area contributed by atoms with Gasteiger partial charge in [0.2, 0.25) is 0 Å². The van der Waals surface area contributed by atoms with Crippen molar-refractivity contribution in [3.63, 3.8) is 0 Å². The Morgan fingerprint density at radius 2 is 1.85 bits per heavy atom. The minimum atomic E-state index is -3.74. The van der Waals surface area contributed by atoms with Crippen LogP contribution in [0.2, 0.25) is 5.02 Å². The summed E-state index contributed by atoms with van der Waals surface area (Å²) in [7, 11) is -2.23. The van der Waals surface area contributed by atoms with Crippen LogP contribution >= 0.6 is 11.6 Å². The highest BCUT2D eigenvalue weighted by molar-refractivity contribution is 7.92. The second kappa shape index (κ2) is 8.47. The average Bonchev–Trinajstić information content (AvgIpc) is 2.59. The van der Waals surface area contributed by atoms with Crippen LogP contribution in [0.5, 0.6) is 11.5 Å². The molecule has 0 fully saturated rings. The molecule has 0 aliphatic rings. The molecule has 0 aliphatic carbocycles. The van der Waals surface area contributed by atoms with Crippen LogP contribution in [0.15, 0.2) is 59.7 Å². The first-order valence-electron chi connectivity index (χ1n) is 8.09. The van der Waals surface area contributed by atoms with Crippen molar-refractivity contribution in [2.24, 2.45) is 0 Å². The summed E-state index contributed by atoms with van der Waals surface area (Å²) in [6.45, 7) is 7.63. The Balaban J connectivity index is 2.41. The summed E-state index contributed by atoms with van der Waals surface area (Å²) in [5.74, 6) is 1.55. The standard InChI is InChI=1S/C19H22ClNO4S/c1-5-12-21(15-6-11-19(24-4)18(20)13-15)26(22,23)17-9-7-16(8-10-17)25-14(2)3/h6-11,13H,2,5,12H2,1,3-4H3. The van der Waals surface area contributed by atoms with E-state index in [4.69, 9.17) is 21.1 Å². The monoisotopic (exact) mass is 395 g/mol. The van der Waals surface area contributed by atoms with E-state index in [0.29, 0.717) is 40.9 Å². The van der Waals surface area contributed by atoms with Crippen LogP contribution < -0.4 is 13.8 Å². The summed E-state index contributed by atoms with van der Waals surface area (Å²) < 4.78 is 38.1. The first-order chi connectivity index (χ1) is 12.3. The van der Waals surface area contributed by atoms with Crippen LogP contribution in [0.3, 0.4) is 0 Å². The summed E-state index contributed by atoms with van der Waals surface area (Å²) in [5.41, 5.74) is 0.486. The Morgan fingerprint density at radius 3 is 2.35 bits per heavy atom. The normalized spacial score (nSPS) is 11.1. The lowest BCUT2D eigenvalue weighted by Gasteiger charge is -2.24. The molecule has 0 bridgehead atoms. The van der Waals surface area contributed by atoms with E-state index in [9.17, 15) is 8.42 Å². The molecule has 0 atom stereocenters. The summed E-state index contributed by atoms with van der Waals surface area (Å²) >= 11 is 6.17. The number of hydrogen-bond donors (Lipinski definition) is 0. The molecule has 0 amide bonds. The molecule has 0 saturated heterocycles. The third kappa shape index (κ3) is 4.51. The number of rotatable bonds is 8. The van der Waals surface area contributed by atoms with Crippen LogP contribution in [0.1, 0.15) is 20.3 Å². The SMILES string of the molecule is C=C(C)Oc1ccc(S(=O)(=O)N(CCC)c2ccc(OC)c(Cl)c2)cc1. The minimum absolute atomic E-state index is 0.173. The summed E-state index contributed by atoms with van der Waals surface area (Å²) in [5, 5.41) is 0.353. The minimum Gasteiger partial charge on any atom is -0.495 e. The van der Waals surface area contributed by atoms with Crippen molar-refractivity contribution in [2.75, 3.05) is 18.0 Å². The van der Waals surface area contributed by atoms with Crippen molar-refractivity contribution in [2.45, 2.75) is 25.2 Å². The van der Waals surface area contributed by atoms with Gasteiger partial charge in [-0.15, -0.1) is 0 Å². The molecule has 0 saturated carbocycles. The van der Waals surface area contributed by atoms with Gasteiger partial charge in [-0.1, -0.05) is 25.1 Å². The first-order valence-corrected chi connectivity index (χ1v) is 9.91. The highest BCUT2D eigenvalue weighted by Crippen LogP contribution is 2.32. The van der Waals surface area contributed by atoms with Crippen molar-refractivity contribution in [1.29, 1.82) is 0 Å². The Labute approximate surface area is 159 Å². The number of hydrogen-bond acceptors (Lipinski definition) is 4. The van der Waals surface area contributed by atoms with E-state index >= 15 is 0 Å². The quantitative estimate of drug-likeness (QED) is 0.598. The second-order valence-corrected chi connectivity index (χ2v) is 7.94. The van der Waals surface area contributed by atoms with Gasteiger partial charge in [0.1, 0.15) is 11.5 Å². The molecule has 2 aromatic rings. The number of halogens is 1. The lowest BCUT2D eigenvalue weighted by molar-refractivity contribution is 0.415. The van der Waals surface area contributed by atoms with Gasteiger partial charge in [0.05, 0.1) is 28.5 Å². The zero-order valence-corrected chi connectivity index (χ0v) is 16.6. The van der Waals surface area contributed by atoms with Gasteiger partial charge in [-0.3, -0.25) is 4.31 Å². The Bertz CT molecular complexity index is 879. The molecule has 26 heavy (non-hydrogen) atoms. The number of allylic oxidation sites excluding steroid dienone is 1. The van der Waals surface area contributed by atoms with Gasteiger partial charge in [-0.25, -0.2) is 8.42 Å². The predicted octanol–water partition coefficient (Wildman–Crippen LogP) is 4.87. The molecule has 0 unspecified atom stereocenters. The van der Waals surface area contributed by atoms with Gasteiger partial charge in [0.15, 0.2) is 0 Å². The zero-order chi connectivity index (χ0) is 19.3. The number of nitrogens with zero attached hydrogens (tertiary/aromatic N) is 1. The highest BCUT2D eigenvalue weighted by atomic mass is 35.5. The molecule has 2 rings (SSSR count). The van der Waals surface area contributed by atoms with Crippen molar-refractivity contribution in [3.8, 4) is 11.5 Å². The maximum Gasteiger partial charge on any atom is 0.264 e. The average molecular weight is 396 g/mol. The molecule has 0 aromatic heterocycles. The fraction of sp³-hybridized carbons (Fsp3) is 0.263. The molecule has 2 aromatic carbocycles. The van der Waals surface area contributed by atoms with Crippen LogP contribution in [0.25, 0.3) is 0 Å². The van der Waals surface area contributed by atoms with Gasteiger partial charge >= 0.3 is 0 Å². The van der Waals surface area contributed by atoms with Crippen LogP contribution in [0.4, 0.5) is 5.69 Å². The molecular weight excluding hydrogens is 374 g/mol. The van der Waals surface area contributed by atoms with Gasteiger partial charge in [-0.2, -0.15) is 0 Å². The summed E-state index contributed by atoms with van der Waals surface area (Å²) in [6.07, 6.45) is 0.653. The molecule has 5 nitrogen and oxygen atoms in total. The molecular formula is C19H22ClNO4S. The number of anilines is 1. The fourth-order valence-electron chi connectivity index (χ4n) is 2.41. The van der Waals surface area contributed by atoms with Crippen LogP contribution in [0, 0.1) is 0 Å². The molecule has 0 N–H and O–H groups in total. The number of sulfonamides is 1. The van der Waals surface area contributed by atoms with E-state index in [1.807, 2.05) is 6.92 Å². The molecule has 0 aliphatic heterocycles. The Hall–Kier alpha value is -2.18. The van der Waals surface area contributed by atoms with Crippen LogP contribution in [-0.4, -0.2) is 22.1 Å². The van der Waals surface area contributed by atoms with Crippen molar-refractivity contribution < 1.29 is 17.9 Å².